The van der Waals surface area contributed by atoms with E-state index < -0.39 is 6.17 Å². The molecule has 2 atom stereocenters. The van der Waals surface area contributed by atoms with E-state index in [4.69, 9.17) is 0 Å². The van der Waals surface area contributed by atoms with Crippen molar-refractivity contribution in [3.8, 4) is 0 Å². The molecule has 1 saturated heterocycles. The van der Waals surface area contributed by atoms with Crippen LogP contribution in [0.25, 0.3) is 0 Å². The van der Waals surface area contributed by atoms with Crippen LogP contribution in [0.4, 0.5) is 4.39 Å². The Bertz CT molecular complexity index is 127. The summed E-state index contributed by atoms with van der Waals surface area (Å²) in [6.07, 6.45) is 2.67. The first-order valence-corrected chi connectivity index (χ1v) is 5.08. The Hall–Kier alpha value is -0.110. The van der Waals surface area contributed by atoms with Crippen molar-refractivity contribution >= 4 is 0 Å². The van der Waals surface area contributed by atoms with Crippen LogP contribution >= 0.6 is 0 Å². The van der Waals surface area contributed by atoms with Gasteiger partial charge in [0.1, 0.15) is 6.17 Å². The molecule has 0 bridgehead atoms. The third kappa shape index (κ3) is 3.10. The fraction of sp³-hybridized carbons (Fsp3) is 1.00. The minimum absolute atomic E-state index is 0.554. The van der Waals surface area contributed by atoms with E-state index in [1.165, 1.54) is 12.8 Å². The molecule has 0 spiro atoms. The molecule has 0 aromatic carbocycles. The van der Waals surface area contributed by atoms with Gasteiger partial charge in [-0.2, -0.15) is 0 Å². The number of halogens is 1. The van der Waals surface area contributed by atoms with Crippen LogP contribution in [0.1, 0.15) is 33.1 Å². The van der Waals surface area contributed by atoms with Crippen molar-refractivity contribution in [1.29, 1.82) is 0 Å². The molecule has 0 radical (unpaired) electrons. The number of rotatable bonds is 4. The lowest BCUT2D eigenvalue weighted by atomic mass is 10.1. The topological polar surface area (TPSA) is 3.24 Å². The second kappa shape index (κ2) is 4.80. The highest BCUT2D eigenvalue weighted by molar-refractivity contribution is 4.74. The first kappa shape index (κ1) is 9.97. The third-order valence-corrected chi connectivity index (χ3v) is 2.85. The van der Waals surface area contributed by atoms with Crippen LogP contribution in [0, 0.1) is 5.92 Å². The van der Waals surface area contributed by atoms with Crippen molar-refractivity contribution in [3.05, 3.63) is 0 Å². The normalized spacial score (nSPS) is 27.8. The summed E-state index contributed by atoms with van der Waals surface area (Å²) in [5.74, 6) is 0.795. The van der Waals surface area contributed by atoms with E-state index in [-0.39, 0.29) is 0 Å². The van der Waals surface area contributed by atoms with Gasteiger partial charge in [0.15, 0.2) is 0 Å². The van der Waals surface area contributed by atoms with Crippen LogP contribution < -0.4 is 0 Å². The van der Waals surface area contributed by atoms with Gasteiger partial charge in [0, 0.05) is 13.1 Å². The molecule has 1 rings (SSSR count). The number of likely N-dealkylation sites (tertiary alicyclic amines) is 1. The minimum atomic E-state index is -0.554. The summed E-state index contributed by atoms with van der Waals surface area (Å²) in [6.45, 7) is 7.22. The zero-order valence-corrected chi connectivity index (χ0v) is 8.22. The molecule has 0 saturated carbocycles. The lowest BCUT2D eigenvalue weighted by molar-refractivity contribution is 0.271. The van der Waals surface area contributed by atoms with E-state index in [0.717, 1.165) is 25.4 Å². The van der Waals surface area contributed by atoms with Crippen molar-refractivity contribution in [1.82, 2.24) is 4.90 Å². The van der Waals surface area contributed by atoms with E-state index in [1.807, 2.05) is 0 Å². The quantitative estimate of drug-likeness (QED) is 0.631. The Kier molecular flexibility index (Phi) is 3.99. The zero-order valence-electron chi connectivity index (χ0n) is 8.22. The monoisotopic (exact) mass is 173 g/mol. The molecule has 2 unspecified atom stereocenters. The van der Waals surface area contributed by atoms with Crippen LogP contribution in [0.3, 0.4) is 0 Å². The van der Waals surface area contributed by atoms with Gasteiger partial charge >= 0.3 is 0 Å². The van der Waals surface area contributed by atoms with Gasteiger partial charge in [-0.05, 0) is 25.3 Å². The molecule has 1 heterocycles. The molecule has 0 aromatic rings. The average molecular weight is 173 g/mol. The lowest BCUT2D eigenvalue weighted by Crippen LogP contribution is -2.23. The standard InChI is InChI=1S/C10H20FN/c1-3-9(2)4-6-12-7-5-10(11)8-12/h9-10H,3-8H2,1-2H3. The van der Waals surface area contributed by atoms with E-state index in [2.05, 4.69) is 18.7 Å². The van der Waals surface area contributed by atoms with E-state index in [0.29, 0.717) is 6.54 Å². The molecular weight excluding hydrogens is 153 g/mol. The highest BCUT2D eigenvalue weighted by atomic mass is 19.1. The first-order valence-electron chi connectivity index (χ1n) is 5.08. The van der Waals surface area contributed by atoms with Crippen molar-refractivity contribution in [2.24, 2.45) is 5.92 Å². The summed E-state index contributed by atoms with van der Waals surface area (Å²) in [5.41, 5.74) is 0. The van der Waals surface area contributed by atoms with Crippen LogP contribution in [0.5, 0.6) is 0 Å². The van der Waals surface area contributed by atoms with Gasteiger partial charge in [0.05, 0.1) is 0 Å². The Morgan fingerprint density at radius 1 is 1.58 bits per heavy atom. The van der Waals surface area contributed by atoms with E-state index in [9.17, 15) is 4.39 Å². The maximum absolute atomic E-state index is 12.7. The average Bonchev–Trinajstić information content (AvgIpc) is 2.47. The Morgan fingerprint density at radius 3 is 2.83 bits per heavy atom. The molecule has 1 fully saturated rings. The summed E-state index contributed by atoms with van der Waals surface area (Å²) in [5, 5.41) is 0. The van der Waals surface area contributed by atoms with Gasteiger partial charge in [-0.1, -0.05) is 20.3 Å². The summed E-state index contributed by atoms with van der Waals surface area (Å²) in [7, 11) is 0. The zero-order chi connectivity index (χ0) is 8.97. The lowest BCUT2D eigenvalue weighted by Gasteiger charge is -2.16. The van der Waals surface area contributed by atoms with Gasteiger partial charge in [0.25, 0.3) is 0 Å². The molecule has 72 valence electrons. The van der Waals surface area contributed by atoms with Crippen molar-refractivity contribution in [2.45, 2.75) is 39.3 Å². The molecule has 0 N–H and O–H groups in total. The second-order valence-corrected chi connectivity index (χ2v) is 3.99. The molecule has 1 aliphatic heterocycles. The molecule has 1 nitrogen and oxygen atoms in total. The number of hydrogen-bond donors (Lipinski definition) is 0. The first-order chi connectivity index (χ1) is 5.72. The van der Waals surface area contributed by atoms with Gasteiger partial charge in [-0.15, -0.1) is 0 Å². The number of alkyl halides is 1. The number of nitrogens with zero attached hydrogens (tertiary/aromatic N) is 1. The smallest absolute Gasteiger partial charge is 0.114 e. The summed E-state index contributed by atoms with van der Waals surface area (Å²) >= 11 is 0. The van der Waals surface area contributed by atoms with Gasteiger partial charge in [-0.25, -0.2) is 4.39 Å². The fourth-order valence-corrected chi connectivity index (χ4v) is 1.60. The van der Waals surface area contributed by atoms with Gasteiger partial charge in [-0.3, -0.25) is 0 Å². The Morgan fingerprint density at radius 2 is 2.33 bits per heavy atom. The second-order valence-electron chi connectivity index (χ2n) is 3.99. The van der Waals surface area contributed by atoms with Crippen molar-refractivity contribution in [3.63, 3.8) is 0 Å². The molecule has 12 heavy (non-hydrogen) atoms. The fourth-order valence-electron chi connectivity index (χ4n) is 1.60. The summed E-state index contributed by atoms with van der Waals surface area (Å²) in [4.78, 5) is 2.25. The molecule has 1 aliphatic rings. The van der Waals surface area contributed by atoms with Crippen LogP contribution in [-0.4, -0.2) is 30.7 Å². The van der Waals surface area contributed by atoms with Crippen LogP contribution in [-0.2, 0) is 0 Å². The van der Waals surface area contributed by atoms with Gasteiger partial charge in [0.2, 0.25) is 0 Å². The highest BCUT2D eigenvalue weighted by Crippen LogP contribution is 2.14. The molecule has 0 aromatic heterocycles. The largest absolute Gasteiger partial charge is 0.300 e. The minimum Gasteiger partial charge on any atom is -0.300 e. The predicted molar refractivity (Wildman–Crippen MR) is 50.0 cm³/mol. The molecule has 0 aliphatic carbocycles. The molecule has 2 heteroatoms. The maximum atomic E-state index is 12.7. The predicted octanol–water partition coefficient (Wildman–Crippen LogP) is 2.47. The van der Waals surface area contributed by atoms with Gasteiger partial charge < -0.3 is 4.90 Å². The molecule has 0 amide bonds. The highest BCUT2D eigenvalue weighted by Gasteiger charge is 2.21. The van der Waals surface area contributed by atoms with E-state index >= 15 is 0 Å². The Balaban J connectivity index is 2.07. The van der Waals surface area contributed by atoms with Crippen LogP contribution in [0.15, 0.2) is 0 Å². The van der Waals surface area contributed by atoms with Crippen molar-refractivity contribution < 1.29 is 4.39 Å². The van der Waals surface area contributed by atoms with Crippen LogP contribution in [0.2, 0.25) is 0 Å². The van der Waals surface area contributed by atoms with E-state index in [1.54, 1.807) is 0 Å². The van der Waals surface area contributed by atoms with Crippen molar-refractivity contribution in [2.75, 3.05) is 19.6 Å². The summed E-state index contributed by atoms with van der Waals surface area (Å²) < 4.78 is 12.7. The summed E-state index contributed by atoms with van der Waals surface area (Å²) in [6, 6.07) is 0. The Labute approximate surface area is 74.9 Å². The molecular formula is C10H20FN. The SMILES string of the molecule is CCC(C)CCN1CCC(F)C1. The maximum Gasteiger partial charge on any atom is 0.114 e. The number of hydrogen-bond acceptors (Lipinski definition) is 1. The third-order valence-electron chi connectivity index (χ3n) is 2.85.